The summed E-state index contributed by atoms with van der Waals surface area (Å²) in [6.07, 6.45) is 4.57. The van der Waals surface area contributed by atoms with E-state index in [0.717, 1.165) is 43.2 Å². The van der Waals surface area contributed by atoms with Gasteiger partial charge >= 0.3 is 0 Å². The van der Waals surface area contributed by atoms with Crippen LogP contribution in [0.1, 0.15) is 43.7 Å². The molecular formula is C17H24ClN3O3. The van der Waals surface area contributed by atoms with Crippen molar-refractivity contribution in [1.82, 2.24) is 4.90 Å². The predicted molar refractivity (Wildman–Crippen MR) is 94.0 cm³/mol. The van der Waals surface area contributed by atoms with Gasteiger partial charge in [0.15, 0.2) is 0 Å². The van der Waals surface area contributed by atoms with E-state index in [9.17, 15) is 14.9 Å². The van der Waals surface area contributed by atoms with Crippen molar-refractivity contribution in [1.29, 1.82) is 0 Å². The summed E-state index contributed by atoms with van der Waals surface area (Å²) in [7, 11) is 0. The second-order valence-electron chi connectivity index (χ2n) is 7.02. The lowest BCUT2D eigenvalue weighted by Gasteiger charge is -2.41. The second kappa shape index (κ2) is 7.07. The van der Waals surface area contributed by atoms with Crippen molar-refractivity contribution in [3.8, 4) is 0 Å². The highest BCUT2D eigenvalue weighted by Crippen LogP contribution is 2.34. The highest BCUT2D eigenvalue weighted by atomic mass is 35.5. The molecule has 0 bridgehead atoms. The zero-order chi connectivity index (χ0) is 16.6. The van der Waals surface area contributed by atoms with Crippen molar-refractivity contribution < 1.29 is 9.72 Å². The number of carbonyl (C=O) groups is 1. The molecule has 132 valence electrons. The second-order valence-corrected chi connectivity index (χ2v) is 7.02. The van der Waals surface area contributed by atoms with Crippen LogP contribution >= 0.6 is 12.4 Å². The summed E-state index contributed by atoms with van der Waals surface area (Å²) in [5.41, 5.74) is 7.97. The SMILES string of the molecule is CC1(N)CCCCC1C(=O)N1CCc2ccc([N+](=O)[O-])cc2C1.Cl. The van der Waals surface area contributed by atoms with Crippen molar-refractivity contribution in [2.24, 2.45) is 11.7 Å². The Labute approximate surface area is 148 Å². The molecular weight excluding hydrogens is 330 g/mol. The maximum atomic E-state index is 12.9. The van der Waals surface area contributed by atoms with E-state index in [2.05, 4.69) is 0 Å². The van der Waals surface area contributed by atoms with Gasteiger partial charge in [-0.3, -0.25) is 14.9 Å². The fourth-order valence-electron chi connectivity index (χ4n) is 3.83. The van der Waals surface area contributed by atoms with Crippen LogP contribution in [0.25, 0.3) is 0 Å². The molecule has 0 saturated heterocycles. The molecule has 1 fully saturated rings. The molecule has 1 amide bonds. The first kappa shape index (κ1) is 18.7. The molecule has 0 radical (unpaired) electrons. The van der Waals surface area contributed by atoms with E-state index < -0.39 is 5.54 Å². The number of nitrogens with zero attached hydrogens (tertiary/aromatic N) is 2. The lowest BCUT2D eigenvalue weighted by Crippen LogP contribution is -2.54. The molecule has 1 aromatic rings. The van der Waals surface area contributed by atoms with Gasteiger partial charge in [0.25, 0.3) is 5.69 Å². The number of carbonyl (C=O) groups excluding carboxylic acids is 1. The Hall–Kier alpha value is -1.66. The zero-order valence-corrected chi connectivity index (χ0v) is 14.7. The van der Waals surface area contributed by atoms with Crippen LogP contribution in [0.5, 0.6) is 0 Å². The molecule has 2 aliphatic rings. The fourth-order valence-corrected chi connectivity index (χ4v) is 3.83. The van der Waals surface area contributed by atoms with Crippen molar-refractivity contribution in [3.05, 3.63) is 39.4 Å². The number of hydrogen-bond donors (Lipinski definition) is 1. The third-order valence-corrected chi connectivity index (χ3v) is 5.28. The average molecular weight is 354 g/mol. The molecule has 2 unspecified atom stereocenters. The summed E-state index contributed by atoms with van der Waals surface area (Å²) < 4.78 is 0. The number of benzene rings is 1. The first-order chi connectivity index (χ1) is 10.9. The van der Waals surface area contributed by atoms with Crippen molar-refractivity contribution in [3.63, 3.8) is 0 Å². The Morgan fingerprint density at radius 2 is 2.12 bits per heavy atom. The van der Waals surface area contributed by atoms with Crippen LogP contribution in [0.15, 0.2) is 18.2 Å². The number of amides is 1. The minimum Gasteiger partial charge on any atom is -0.338 e. The molecule has 1 aromatic carbocycles. The molecule has 24 heavy (non-hydrogen) atoms. The van der Waals surface area contributed by atoms with Gasteiger partial charge in [0.05, 0.1) is 10.8 Å². The molecule has 6 nitrogen and oxygen atoms in total. The Kier molecular flexibility index (Phi) is 5.50. The number of hydrogen-bond acceptors (Lipinski definition) is 4. The number of halogens is 1. The first-order valence-corrected chi connectivity index (χ1v) is 8.22. The van der Waals surface area contributed by atoms with Gasteiger partial charge in [-0.05, 0) is 37.3 Å². The van der Waals surface area contributed by atoms with Gasteiger partial charge in [-0.2, -0.15) is 0 Å². The Morgan fingerprint density at radius 1 is 1.38 bits per heavy atom. The molecule has 1 heterocycles. The van der Waals surface area contributed by atoms with Crippen molar-refractivity contribution in [2.45, 2.75) is 51.1 Å². The summed E-state index contributed by atoms with van der Waals surface area (Å²) in [6, 6.07) is 4.94. The van der Waals surface area contributed by atoms with Gasteiger partial charge in [-0.15, -0.1) is 12.4 Å². The summed E-state index contributed by atoms with van der Waals surface area (Å²) in [4.78, 5) is 25.3. The Morgan fingerprint density at radius 3 is 2.79 bits per heavy atom. The van der Waals surface area contributed by atoms with Crippen molar-refractivity contribution >= 4 is 24.0 Å². The van der Waals surface area contributed by atoms with E-state index in [-0.39, 0.29) is 34.8 Å². The lowest BCUT2D eigenvalue weighted by molar-refractivity contribution is -0.385. The number of rotatable bonds is 2. The van der Waals surface area contributed by atoms with Crippen LogP contribution in [-0.2, 0) is 17.8 Å². The zero-order valence-electron chi connectivity index (χ0n) is 13.9. The average Bonchev–Trinajstić information content (AvgIpc) is 2.52. The van der Waals surface area contributed by atoms with E-state index in [0.29, 0.717) is 13.1 Å². The first-order valence-electron chi connectivity index (χ1n) is 8.22. The van der Waals surface area contributed by atoms with E-state index in [4.69, 9.17) is 5.73 Å². The Balaban J connectivity index is 0.00000208. The lowest BCUT2D eigenvalue weighted by atomic mass is 9.73. The van der Waals surface area contributed by atoms with Gasteiger partial charge in [0.1, 0.15) is 0 Å². The minimum absolute atomic E-state index is 0. The van der Waals surface area contributed by atoms with Crippen LogP contribution in [0.4, 0.5) is 5.69 Å². The molecule has 2 N–H and O–H groups in total. The van der Waals surface area contributed by atoms with E-state index in [1.165, 1.54) is 6.07 Å². The van der Waals surface area contributed by atoms with Crippen molar-refractivity contribution in [2.75, 3.05) is 6.54 Å². The third-order valence-electron chi connectivity index (χ3n) is 5.28. The molecule has 1 aliphatic carbocycles. The van der Waals surface area contributed by atoms with Gasteiger partial charge < -0.3 is 10.6 Å². The van der Waals surface area contributed by atoms with Crippen LogP contribution in [0.3, 0.4) is 0 Å². The highest BCUT2D eigenvalue weighted by Gasteiger charge is 2.40. The monoisotopic (exact) mass is 353 g/mol. The molecule has 3 rings (SSSR count). The largest absolute Gasteiger partial charge is 0.338 e. The van der Waals surface area contributed by atoms with Gasteiger partial charge in [0, 0.05) is 30.8 Å². The maximum absolute atomic E-state index is 12.9. The molecule has 0 aromatic heterocycles. The summed E-state index contributed by atoms with van der Waals surface area (Å²) in [5.74, 6) is -0.0386. The predicted octanol–water partition coefficient (Wildman–Crippen LogP) is 2.81. The Bertz CT molecular complexity index is 648. The number of nitro benzene ring substituents is 1. The topological polar surface area (TPSA) is 89.5 Å². The highest BCUT2D eigenvalue weighted by molar-refractivity contribution is 5.85. The normalized spacial score (nSPS) is 26.2. The minimum atomic E-state index is -0.446. The molecule has 0 spiro atoms. The van der Waals surface area contributed by atoms with Crippen LogP contribution in [0, 0.1) is 16.0 Å². The van der Waals surface area contributed by atoms with Crippen LogP contribution in [0.2, 0.25) is 0 Å². The molecule has 2 atom stereocenters. The standard InChI is InChI=1S/C17H23N3O3.ClH/c1-17(18)8-3-2-4-15(17)16(21)19-9-7-12-5-6-14(20(22)23)10-13(12)11-19;/h5-6,10,15H,2-4,7-9,11,18H2,1H3;1H. The van der Waals surface area contributed by atoms with E-state index >= 15 is 0 Å². The molecule has 1 saturated carbocycles. The number of nitrogens with two attached hydrogens (primary N) is 1. The van der Waals surface area contributed by atoms with E-state index in [1.807, 2.05) is 17.9 Å². The maximum Gasteiger partial charge on any atom is 0.269 e. The molecule has 7 heteroatoms. The van der Waals surface area contributed by atoms with E-state index in [1.54, 1.807) is 6.07 Å². The summed E-state index contributed by atoms with van der Waals surface area (Å²) in [5, 5.41) is 10.9. The smallest absolute Gasteiger partial charge is 0.269 e. The number of fused-ring (bicyclic) bond motifs is 1. The van der Waals surface area contributed by atoms with Gasteiger partial charge in [-0.25, -0.2) is 0 Å². The fraction of sp³-hybridized carbons (Fsp3) is 0.588. The van der Waals surface area contributed by atoms with Gasteiger partial charge in [-0.1, -0.05) is 18.9 Å². The quantitative estimate of drug-likeness (QED) is 0.654. The van der Waals surface area contributed by atoms with Crippen LogP contribution in [-0.4, -0.2) is 27.8 Å². The van der Waals surface area contributed by atoms with Gasteiger partial charge in [0.2, 0.25) is 5.91 Å². The van der Waals surface area contributed by atoms with Crippen LogP contribution < -0.4 is 5.73 Å². The summed E-state index contributed by atoms with van der Waals surface area (Å²) in [6.45, 7) is 3.08. The third kappa shape index (κ3) is 3.54. The summed E-state index contributed by atoms with van der Waals surface area (Å²) >= 11 is 0. The number of nitro groups is 1. The molecule has 1 aliphatic heterocycles. The number of non-ortho nitro benzene ring substituents is 1.